The minimum Gasteiger partial charge on any atom is -0.343 e. The van der Waals surface area contributed by atoms with Crippen LogP contribution < -0.4 is 0 Å². The molecule has 4 heteroatoms. The minimum atomic E-state index is 0.141. The van der Waals surface area contributed by atoms with E-state index < -0.39 is 0 Å². The summed E-state index contributed by atoms with van der Waals surface area (Å²) < 4.78 is 0. The Morgan fingerprint density at radius 1 is 1.03 bits per heavy atom. The van der Waals surface area contributed by atoms with Crippen LogP contribution in [0.2, 0.25) is 0 Å². The van der Waals surface area contributed by atoms with Crippen LogP contribution in [0.5, 0.6) is 0 Å². The molecule has 0 aromatic heterocycles. The molecule has 4 nitrogen and oxygen atoms in total. The lowest BCUT2D eigenvalue weighted by molar-refractivity contribution is -0.159. The molecule has 0 spiro atoms. The van der Waals surface area contributed by atoms with Crippen molar-refractivity contribution in [1.82, 2.24) is 9.80 Å². The van der Waals surface area contributed by atoms with Crippen LogP contribution in [0.3, 0.4) is 0 Å². The zero-order valence-corrected chi connectivity index (χ0v) is 20.2. The highest BCUT2D eigenvalue weighted by Gasteiger charge is 2.62. The fourth-order valence-corrected chi connectivity index (χ4v) is 9.01. The van der Waals surface area contributed by atoms with E-state index in [0.717, 1.165) is 43.7 Å². The molecule has 0 aromatic carbocycles. The van der Waals surface area contributed by atoms with E-state index in [1.807, 2.05) is 11.9 Å². The number of rotatable bonds is 4. The molecule has 0 aromatic rings. The third-order valence-corrected chi connectivity index (χ3v) is 10.7. The average molecular weight is 417 g/mol. The standard InChI is InChI=1S/C26H44N2O2/c1-7-28(8-2)24(30)17(3)19-10-11-20-18-9-12-22-26(5,16-14-23(29)27(22)6)21(18)13-15-25(19,20)4/h17-22H,7-16H2,1-6H3/t17?,18-,19+,20-,21-,22+,25+,26+/m0/s1. The van der Waals surface area contributed by atoms with Crippen LogP contribution in [-0.2, 0) is 9.59 Å². The van der Waals surface area contributed by atoms with E-state index in [-0.39, 0.29) is 11.3 Å². The fourth-order valence-electron chi connectivity index (χ4n) is 9.01. The zero-order chi connectivity index (χ0) is 21.8. The number of hydrogen-bond acceptors (Lipinski definition) is 2. The Morgan fingerprint density at radius 3 is 2.37 bits per heavy atom. The van der Waals surface area contributed by atoms with Crippen molar-refractivity contribution in [3.8, 4) is 0 Å². The molecule has 4 aliphatic rings. The predicted molar refractivity (Wildman–Crippen MR) is 121 cm³/mol. The number of nitrogens with zero attached hydrogens (tertiary/aromatic N) is 2. The number of carbonyl (C=O) groups is 2. The Bertz CT molecular complexity index is 689. The number of hydrogen-bond donors (Lipinski definition) is 0. The molecule has 0 N–H and O–H groups in total. The monoisotopic (exact) mass is 416 g/mol. The van der Waals surface area contributed by atoms with Gasteiger partial charge in [0.2, 0.25) is 11.8 Å². The maximum Gasteiger partial charge on any atom is 0.225 e. The van der Waals surface area contributed by atoms with Crippen molar-refractivity contribution < 1.29 is 9.59 Å². The van der Waals surface area contributed by atoms with Crippen molar-refractivity contribution in [3.63, 3.8) is 0 Å². The van der Waals surface area contributed by atoms with Gasteiger partial charge in [-0.25, -0.2) is 0 Å². The molecule has 4 rings (SSSR count). The van der Waals surface area contributed by atoms with Gasteiger partial charge in [0.25, 0.3) is 0 Å². The Morgan fingerprint density at radius 2 is 1.70 bits per heavy atom. The van der Waals surface area contributed by atoms with E-state index in [0.29, 0.717) is 29.2 Å². The maximum absolute atomic E-state index is 13.2. The van der Waals surface area contributed by atoms with Crippen molar-refractivity contribution in [2.24, 2.45) is 40.4 Å². The normalized spacial score (nSPS) is 44.1. The molecule has 1 aliphatic heterocycles. The number of amides is 2. The molecule has 8 atom stereocenters. The quantitative estimate of drug-likeness (QED) is 0.649. The molecule has 1 unspecified atom stereocenters. The van der Waals surface area contributed by atoms with E-state index in [1.165, 1.54) is 38.5 Å². The van der Waals surface area contributed by atoms with Crippen LogP contribution in [0.15, 0.2) is 0 Å². The van der Waals surface area contributed by atoms with Crippen molar-refractivity contribution in [3.05, 3.63) is 0 Å². The third-order valence-electron chi connectivity index (χ3n) is 10.7. The first-order valence-corrected chi connectivity index (χ1v) is 12.7. The summed E-state index contributed by atoms with van der Waals surface area (Å²) in [5.41, 5.74) is 0.594. The second kappa shape index (κ2) is 7.81. The van der Waals surface area contributed by atoms with Gasteiger partial charge in [0.15, 0.2) is 0 Å². The molecular formula is C26H44N2O2. The minimum absolute atomic E-state index is 0.141. The Balaban J connectivity index is 1.56. The fraction of sp³-hybridized carbons (Fsp3) is 0.923. The average Bonchev–Trinajstić information content (AvgIpc) is 3.08. The second-order valence-corrected chi connectivity index (χ2v) is 11.5. The molecule has 3 saturated carbocycles. The Hall–Kier alpha value is -1.06. The molecule has 0 radical (unpaired) electrons. The van der Waals surface area contributed by atoms with Crippen molar-refractivity contribution >= 4 is 11.8 Å². The van der Waals surface area contributed by atoms with Gasteiger partial charge in [-0.2, -0.15) is 0 Å². The lowest BCUT2D eigenvalue weighted by Gasteiger charge is -2.62. The summed E-state index contributed by atoms with van der Waals surface area (Å²) in [6.07, 6.45) is 9.32. The Kier molecular flexibility index (Phi) is 5.77. The first-order chi connectivity index (χ1) is 14.2. The molecule has 3 aliphatic carbocycles. The van der Waals surface area contributed by atoms with Gasteiger partial charge in [-0.05, 0) is 93.3 Å². The number of carbonyl (C=O) groups excluding carboxylic acids is 2. The third kappa shape index (κ3) is 3.06. The SMILES string of the molecule is CCN(CC)C(=O)C(C)[C@H]1CC[C@H]2[C@@H]3CC[C@H]4N(C)C(=O)CC[C@]4(C)[C@H]3CC[C@]12C. The first-order valence-electron chi connectivity index (χ1n) is 12.7. The zero-order valence-electron chi connectivity index (χ0n) is 20.2. The van der Waals surface area contributed by atoms with Gasteiger partial charge in [-0.1, -0.05) is 20.8 Å². The van der Waals surface area contributed by atoms with Crippen molar-refractivity contribution in [2.45, 2.75) is 92.0 Å². The van der Waals surface area contributed by atoms with Crippen molar-refractivity contribution in [2.75, 3.05) is 20.1 Å². The molecule has 170 valence electrons. The highest BCUT2D eigenvalue weighted by Crippen LogP contribution is 2.67. The smallest absolute Gasteiger partial charge is 0.225 e. The van der Waals surface area contributed by atoms with Gasteiger partial charge in [0.1, 0.15) is 0 Å². The van der Waals surface area contributed by atoms with Gasteiger partial charge in [0, 0.05) is 38.5 Å². The highest BCUT2D eigenvalue weighted by molar-refractivity contribution is 5.79. The molecule has 30 heavy (non-hydrogen) atoms. The van der Waals surface area contributed by atoms with Crippen LogP contribution >= 0.6 is 0 Å². The van der Waals surface area contributed by atoms with Crippen LogP contribution in [0, 0.1) is 40.4 Å². The first kappa shape index (κ1) is 22.1. The lowest BCUT2D eigenvalue weighted by Crippen LogP contribution is -2.61. The van der Waals surface area contributed by atoms with Crippen LogP contribution in [0.25, 0.3) is 0 Å². The van der Waals surface area contributed by atoms with E-state index in [9.17, 15) is 9.59 Å². The summed E-state index contributed by atoms with van der Waals surface area (Å²) in [6, 6.07) is 0.435. The van der Waals surface area contributed by atoms with Crippen LogP contribution in [-0.4, -0.2) is 47.8 Å². The van der Waals surface area contributed by atoms with Crippen LogP contribution in [0.1, 0.15) is 86.0 Å². The van der Waals surface area contributed by atoms with Crippen molar-refractivity contribution in [1.29, 1.82) is 0 Å². The molecular weight excluding hydrogens is 372 g/mol. The van der Waals surface area contributed by atoms with Gasteiger partial charge in [-0.15, -0.1) is 0 Å². The summed E-state index contributed by atoms with van der Waals surface area (Å²) >= 11 is 0. The summed E-state index contributed by atoms with van der Waals surface area (Å²) in [5.74, 6) is 3.68. The topological polar surface area (TPSA) is 40.6 Å². The Labute approximate surface area is 184 Å². The predicted octanol–water partition coefficient (Wildman–Crippen LogP) is 4.97. The lowest BCUT2D eigenvalue weighted by atomic mass is 9.46. The van der Waals surface area contributed by atoms with Crippen LogP contribution in [0.4, 0.5) is 0 Å². The molecule has 1 saturated heterocycles. The second-order valence-electron chi connectivity index (χ2n) is 11.5. The van der Waals surface area contributed by atoms with Gasteiger partial charge in [0.05, 0.1) is 0 Å². The number of fused-ring (bicyclic) bond motifs is 5. The summed E-state index contributed by atoms with van der Waals surface area (Å²) in [7, 11) is 2.05. The summed E-state index contributed by atoms with van der Waals surface area (Å²) in [4.78, 5) is 29.7. The van der Waals surface area contributed by atoms with E-state index in [4.69, 9.17) is 0 Å². The largest absolute Gasteiger partial charge is 0.343 e. The van der Waals surface area contributed by atoms with E-state index in [1.54, 1.807) is 0 Å². The van der Waals surface area contributed by atoms with E-state index in [2.05, 4.69) is 39.5 Å². The molecule has 1 heterocycles. The van der Waals surface area contributed by atoms with E-state index >= 15 is 0 Å². The molecule has 0 bridgehead atoms. The van der Waals surface area contributed by atoms with Gasteiger partial charge >= 0.3 is 0 Å². The summed E-state index contributed by atoms with van der Waals surface area (Å²) in [6.45, 7) is 13.1. The number of likely N-dealkylation sites (tertiary alicyclic amines) is 1. The number of piperidine rings is 1. The van der Waals surface area contributed by atoms with Gasteiger partial charge < -0.3 is 9.80 Å². The maximum atomic E-state index is 13.2. The summed E-state index contributed by atoms with van der Waals surface area (Å²) in [5, 5.41) is 0. The molecule has 4 fully saturated rings. The highest BCUT2D eigenvalue weighted by atomic mass is 16.2. The molecule has 2 amide bonds. The van der Waals surface area contributed by atoms with Gasteiger partial charge in [-0.3, -0.25) is 9.59 Å².